The van der Waals surface area contributed by atoms with E-state index in [2.05, 4.69) is 16.0 Å². The highest BCUT2D eigenvalue weighted by Gasteiger charge is 2.34. The van der Waals surface area contributed by atoms with E-state index in [1.54, 1.807) is 20.8 Å². The molecule has 0 heterocycles. The Labute approximate surface area is 208 Å². The zero-order valence-electron chi connectivity index (χ0n) is 21.7. The molecule has 6 N–H and O–H groups in total. The second-order valence-electron chi connectivity index (χ2n) is 9.60. The number of hydrogen-bond donors (Lipinski definition) is 5. The van der Waals surface area contributed by atoms with E-state index in [9.17, 15) is 24.3 Å². The molecule has 0 aliphatic rings. The van der Waals surface area contributed by atoms with E-state index in [0.717, 1.165) is 5.56 Å². The molecule has 0 fully saturated rings. The maximum absolute atomic E-state index is 13.4. The van der Waals surface area contributed by atoms with Gasteiger partial charge in [0.05, 0.1) is 6.04 Å². The van der Waals surface area contributed by atoms with Gasteiger partial charge in [-0.3, -0.25) is 14.4 Å². The summed E-state index contributed by atoms with van der Waals surface area (Å²) in [6.07, 6.45) is 1.50. The van der Waals surface area contributed by atoms with Crippen LogP contribution < -0.4 is 21.7 Å². The van der Waals surface area contributed by atoms with Gasteiger partial charge in [-0.25, -0.2) is 4.79 Å². The molecular weight excluding hydrogens is 448 g/mol. The molecule has 3 amide bonds. The summed E-state index contributed by atoms with van der Waals surface area (Å²) in [7, 11) is 0. The lowest BCUT2D eigenvalue weighted by Gasteiger charge is -2.29. The first-order valence-corrected chi connectivity index (χ1v) is 12.4. The molecule has 9 nitrogen and oxygen atoms in total. The number of hydrogen-bond acceptors (Lipinski definition) is 5. The number of aliphatic carboxylic acids is 1. The third-order valence-corrected chi connectivity index (χ3v) is 6.50. The molecule has 0 aliphatic heterocycles. The number of carbonyl (C=O) groups excluding carboxylic acids is 3. The van der Waals surface area contributed by atoms with Crippen molar-refractivity contribution in [2.75, 3.05) is 0 Å². The molecule has 1 rings (SSSR count). The Morgan fingerprint density at radius 3 is 1.83 bits per heavy atom. The van der Waals surface area contributed by atoms with Crippen LogP contribution >= 0.6 is 0 Å². The Bertz CT molecular complexity index is 845. The quantitative estimate of drug-likeness (QED) is 0.268. The van der Waals surface area contributed by atoms with Gasteiger partial charge in [-0.15, -0.1) is 0 Å². The highest BCUT2D eigenvalue weighted by molar-refractivity contribution is 5.94. The lowest BCUT2D eigenvalue weighted by Crippen LogP contribution is -2.59. The normalized spacial score (nSPS) is 16.3. The van der Waals surface area contributed by atoms with Gasteiger partial charge >= 0.3 is 5.97 Å². The zero-order chi connectivity index (χ0) is 26.7. The molecule has 1 aromatic rings. The molecule has 1 aromatic carbocycles. The van der Waals surface area contributed by atoms with Gasteiger partial charge < -0.3 is 26.8 Å². The Kier molecular flexibility index (Phi) is 12.4. The second-order valence-corrected chi connectivity index (χ2v) is 9.60. The van der Waals surface area contributed by atoms with E-state index in [-0.39, 0.29) is 24.2 Å². The van der Waals surface area contributed by atoms with Crippen LogP contribution in [0.5, 0.6) is 0 Å². The van der Waals surface area contributed by atoms with Crippen molar-refractivity contribution in [2.45, 2.75) is 85.0 Å². The van der Waals surface area contributed by atoms with Crippen LogP contribution in [0.1, 0.15) is 59.9 Å². The number of rotatable bonds is 14. The molecule has 0 aromatic heterocycles. The highest BCUT2D eigenvalue weighted by atomic mass is 16.4. The van der Waals surface area contributed by atoms with E-state index < -0.39 is 47.9 Å². The average Bonchev–Trinajstić information content (AvgIpc) is 2.83. The molecule has 0 aliphatic carbocycles. The van der Waals surface area contributed by atoms with Crippen LogP contribution in [0.3, 0.4) is 0 Å². The van der Waals surface area contributed by atoms with Crippen molar-refractivity contribution in [3.05, 3.63) is 35.9 Å². The van der Waals surface area contributed by atoms with Crippen molar-refractivity contribution in [1.29, 1.82) is 0 Å². The van der Waals surface area contributed by atoms with Crippen molar-refractivity contribution >= 4 is 23.7 Å². The number of benzene rings is 1. The summed E-state index contributed by atoms with van der Waals surface area (Å²) >= 11 is 0. The minimum atomic E-state index is -1.14. The number of nitrogens with one attached hydrogen (secondary N) is 3. The summed E-state index contributed by atoms with van der Waals surface area (Å²) in [5.41, 5.74) is 6.91. The lowest BCUT2D eigenvalue weighted by atomic mass is 9.95. The van der Waals surface area contributed by atoms with Gasteiger partial charge in [0.2, 0.25) is 17.7 Å². The first kappa shape index (κ1) is 30.1. The second kappa shape index (κ2) is 14.5. The van der Waals surface area contributed by atoms with Crippen molar-refractivity contribution in [2.24, 2.45) is 23.5 Å². The van der Waals surface area contributed by atoms with E-state index >= 15 is 0 Å². The summed E-state index contributed by atoms with van der Waals surface area (Å²) in [6, 6.07) is 5.44. The van der Waals surface area contributed by atoms with Crippen LogP contribution in [-0.2, 0) is 25.6 Å². The number of carboxylic acid groups (broad SMARTS) is 1. The molecule has 0 saturated heterocycles. The van der Waals surface area contributed by atoms with E-state index in [1.807, 2.05) is 51.1 Å². The molecule has 35 heavy (non-hydrogen) atoms. The third kappa shape index (κ3) is 9.32. The van der Waals surface area contributed by atoms with Crippen LogP contribution in [0.4, 0.5) is 0 Å². The number of carboxylic acids is 1. The van der Waals surface area contributed by atoms with Gasteiger partial charge in [0, 0.05) is 6.42 Å². The third-order valence-electron chi connectivity index (χ3n) is 6.50. The Morgan fingerprint density at radius 2 is 1.34 bits per heavy atom. The Morgan fingerprint density at radius 1 is 0.800 bits per heavy atom. The summed E-state index contributed by atoms with van der Waals surface area (Å²) < 4.78 is 0. The van der Waals surface area contributed by atoms with Gasteiger partial charge in [0.25, 0.3) is 0 Å². The lowest BCUT2D eigenvalue weighted by molar-refractivity contribution is -0.144. The van der Waals surface area contributed by atoms with Gasteiger partial charge in [-0.05, 0) is 23.3 Å². The SMILES string of the molecule is CCC(C)C(N)C(=O)NC(Cc1ccccc1)C(=O)NC(C(=O)NC(C(=O)O)C(C)C)C(C)CC. The van der Waals surface area contributed by atoms with Crippen LogP contribution in [-0.4, -0.2) is 53.0 Å². The number of nitrogens with two attached hydrogens (primary N) is 1. The fraction of sp³-hybridized carbons (Fsp3) is 0.615. The van der Waals surface area contributed by atoms with Crippen molar-refractivity contribution in [1.82, 2.24) is 16.0 Å². The summed E-state index contributed by atoms with van der Waals surface area (Å²) in [5.74, 6) is -3.36. The van der Waals surface area contributed by atoms with E-state index in [0.29, 0.717) is 12.8 Å². The molecule has 0 saturated carbocycles. The topological polar surface area (TPSA) is 151 Å². The molecule has 0 radical (unpaired) electrons. The van der Waals surface area contributed by atoms with Crippen LogP contribution in [0.25, 0.3) is 0 Å². The molecule has 6 atom stereocenters. The molecule has 6 unspecified atom stereocenters. The van der Waals surface area contributed by atoms with Crippen molar-refractivity contribution in [3.8, 4) is 0 Å². The fourth-order valence-corrected chi connectivity index (χ4v) is 3.55. The van der Waals surface area contributed by atoms with Crippen LogP contribution in [0, 0.1) is 17.8 Å². The first-order chi connectivity index (χ1) is 16.4. The fourth-order valence-electron chi connectivity index (χ4n) is 3.55. The van der Waals surface area contributed by atoms with Crippen LogP contribution in [0.2, 0.25) is 0 Å². The summed E-state index contributed by atoms with van der Waals surface area (Å²) in [4.78, 5) is 50.8. The van der Waals surface area contributed by atoms with Crippen molar-refractivity contribution in [3.63, 3.8) is 0 Å². The molecule has 0 bridgehead atoms. The minimum Gasteiger partial charge on any atom is -0.480 e. The molecule has 9 heteroatoms. The monoisotopic (exact) mass is 490 g/mol. The van der Waals surface area contributed by atoms with E-state index in [4.69, 9.17) is 5.73 Å². The Hall–Kier alpha value is -2.94. The smallest absolute Gasteiger partial charge is 0.326 e. The minimum absolute atomic E-state index is 0.0712. The maximum atomic E-state index is 13.4. The zero-order valence-corrected chi connectivity index (χ0v) is 21.7. The molecule has 196 valence electrons. The van der Waals surface area contributed by atoms with Crippen LogP contribution in [0.15, 0.2) is 30.3 Å². The van der Waals surface area contributed by atoms with Gasteiger partial charge in [-0.2, -0.15) is 0 Å². The standard InChI is InChI=1S/C26H42N4O5/c1-7-16(5)20(27)24(32)28-19(14-18-12-10-9-11-13-18)23(31)30-22(17(6)8-2)25(33)29-21(15(3)4)26(34)35/h9-13,15-17,19-22H,7-8,14,27H2,1-6H3,(H,28,32)(H,29,33)(H,30,31)(H,34,35). The van der Waals surface area contributed by atoms with Crippen molar-refractivity contribution < 1.29 is 24.3 Å². The van der Waals surface area contributed by atoms with Gasteiger partial charge in [0.15, 0.2) is 0 Å². The number of amides is 3. The largest absolute Gasteiger partial charge is 0.480 e. The molecule has 0 spiro atoms. The maximum Gasteiger partial charge on any atom is 0.326 e. The summed E-state index contributed by atoms with van der Waals surface area (Å²) in [6.45, 7) is 10.9. The predicted molar refractivity (Wildman–Crippen MR) is 135 cm³/mol. The predicted octanol–water partition coefficient (Wildman–Crippen LogP) is 1.84. The van der Waals surface area contributed by atoms with Gasteiger partial charge in [0.1, 0.15) is 18.1 Å². The van der Waals surface area contributed by atoms with Gasteiger partial charge in [-0.1, -0.05) is 84.7 Å². The number of carbonyl (C=O) groups is 4. The highest BCUT2D eigenvalue weighted by Crippen LogP contribution is 2.12. The average molecular weight is 491 g/mol. The van der Waals surface area contributed by atoms with E-state index in [1.165, 1.54) is 0 Å². The first-order valence-electron chi connectivity index (χ1n) is 12.4. The Balaban J connectivity index is 3.15. The molecular formula is C26H42N4O5. The summed E-state index contributed by atoms with van der Waals surface area (Å²) in [5, 5.41) is 17.5.